The summed E-state index contributed by atoms with van der Waals surface area (Å²) in [5, 5.41) is 3.69. The van der Waals surface area contributed by atoms with E-state index in [-0.39, 0.29) is 6.54 Å². The number of amides is 2. The van der Waals surface area contributed by atoms with Crippen molar-refractivity contribution in [1.82, 2.24) is 5.01 Å². The van der Waals surface area contributed by atoms with Gasteiger partial charge in [-0.25, -0.2) is 4.79 Å². The minimum Gasteiger partial charge on any atom is -0.350 e. The Labute approximate surface area is 85.4 Å². The fourth-order valence-corrected chi connectivity index (χ4v) is 1.04. The van der Waals surface area contributed by atoms with Crippen LogP contribution in [0.3, 0.4) is 0 Å². The molecular weight excluding hydrogens is 206 g/mol. The van der Waals surface area contributed by atoms with Crippen LogP contribution in [0.25, 0.3) is 0 Å². The highest BCUT2D eigenvalue weighted by Gasteiger charge is 2.09. The lowest BCUT2D eigenvalue weighted by Crippen LogP contribution is -2.30. The van der Waals surface area contributed by atoms with Crippen molar-refractivity contribution in [3.05, 3.63) is 39.8 Å². The molecule has 1 aromatic rings. The van der Waals surface area contributed by atoms with Crippen LogP contribution < -0.4 is 5.73 Å². The topological polar surface area (TPSA) is 75.8 Å². The van der Waals surface area contributed by atoms with Crippen molar-refractivity contribution >= 4 is 17.6 Å². The summed E-state index contributed by atoms with van der Waals surface area (Å²) in [5.41, 5.74) is 5.62. The van der Waals surface area contributed by atoms with E-state index in [4.69, 9.17) is 17.3 Å². The summed E-state index contributed by atoms with van der Waals surface area (Å²) in [6.07, 6.45) is 0. The molecule has 0 aromatic heterocycles. The molecule has 0 saturated heterocycles. The molecule has 0 atom stereocenters. The van der Waals surface area contributed by atoms with E-state index < -0.39 is 6.03 Å². The average Bonchev–Trinajstić information content (AvgIpc) is 2.16. The van der Waals surface area contributed by atoms with Crippen molar-refractivity contribution in [2.45, 2.75) is 6.54 Å². The number of urea groups is 1. The van der Waals surface area contributed by atoms with Gasteiger partial charge in [0.05, 0.1) is 11.8 Å². The van der Waals surface area contributed by atoms with E-state index in [0.717, 1.165) is 5.56 Å². The Morgan fingerprint density at radius 3 is 2.43 bits per heavy atom. The Bertz CT molecular complexity index is 339. The largest absolute Gasteiger partial charge is 0.350 e. The van der Waals surface area contributed by atoms with Gasteiger partial charge in [0.25, 0.3) is 0 Å². The highest BCUT2D eigenvalue weighted by molar-refractivity contribution is 6.30. The number of carbonyl (C=O) groups is 1. The van der Waals surface area contributed by atoms with Gasteiger partial charge >= 0.3 is 6.03 Å². The third kappa shape index (κ3) is 2.70. The molecule has 5 nitrogen and oxygen atoms in total. The average molecular weight is 214 g/mol. The summed E-state index contributed by atoms with van der Waals surface area (Å²) >= 11 is 5.65. The number of benzene rings is 1. The molecule has 0 unspecified atom stereocenters. The molecule has 0 radical (unpaired) electrons. The van der Waals surface area contributed by atoms with E-state index in [0.29, 0.717) is 10.0 Å². The zero-order valence-electron chi connectivity index (χ0n) is 7.18. The van der Waals surface area contributed by atoms with E-state index in [1.54, 1.807) is 24.3 Å². The van der Waals surface area contributed by atoms with Crippen LogP contribution in [0.5, 0.6) is 0 Å². The fraction of sp³-hybridized carbons (Fsp3) is 0.125. The standard InChI is InChI=1S/C8H8ClN3O2/c9-7-3-1-6(2-4-7)5-12(11-14)8(10)13/h1-4H,5H2,(H2,10,13). The van der Waals surface area contributed by atoms with Gasteiger partial charge in [0.15, 0.2) is 0 Å². The number of nitrogens with two attached hydrogens (primary N) is 1. The Morgan fingerprint density at radius 1 is 1.43 bits per heavy atom. The second-order valence-electron chi connectivity index (χ2n) is 2.60. The molecular formula is C8H8ClN3O2. The summed E-state index contributed by atoms with van der Waals surface area (Å²) < 4.78 is 0. The molecule has 0 aliphatic carbocycles. The predicted octanol–water partition coefficient (Wildman–Crippen LogP) is 1.90. The van der Waals surface area contributed by atoms with Crippen LogP contribution in [-0.2, 0) is 6.54 Å². The van der Waals surface area contributed by atoms with Crippen LogP contribution in [0.4, 0.5) is 4.79 Å². The van der Waals surface area contributed by atoms with Gasteiger partial charge in [0.1, 0.15) is 0 Å². The monoisotopic (exact) mass is 213 g/mol. The van der Waals surface area contributed by atoms with Crippen molar-refractivity contribution in [1.29, 1.82) is 0 Å². The maximum Gasteiger partial charge on any atom is 0.338 e. The van der Waals surface area contributed by atoms with E-state index in [2.05, 4.69) is 5.29 Å². The third-order valence-corrected chi connectivity index (χ3v) is 1.85. The quantitative estimate of drug-likeness (QED) is 0.615. The second-order valence-corrected chi connectivity index (χ2v) is 3.04. The van der Waals surface area contributed by atoms with Crippen LogP contribution >= 0.6 is 11.6 Å². The molecule has 14 heavy (non-hydrogen) atoms. The lowest BCUT2D eigenvalue weighted by Gasteiger charge is -2.09. The van der Waals surface area contributed by atoms with Crippen molar-refractivity contribution in [2.75, 3.05) is 0 Å². The minimum absolute atomic E-state index is 0.0516. The minimum atomic E-state index is -0.880. The molecule has 6 heteroatoms. The Kier molecular flexibility index (Phi) is 3.41. The van der Waals surface area contributed by atoms with Crippen LogP contribution in [-0.4, -0.2) is 11.0 Å². The first kappa shape index (κ1) is 10.5. The highest BCUT2D eigenvalue weighted by Crippen LogP contribution is 2.11. The molecule has 0 heterocycles. The van der Waals surface area contributed by atoms with Gasteiger partial charge in [0.2, 0.25) is 0 Å². The van der Waals surface area contributed by atoms with Gasteiger partial charge in [-0.2, -0.15) is 5.01 Å². The van der Waals surface area contributed by atoms with Gasteiger partial charge in [-0.15, -0.1) is 4.91 Å². The maximum absolute atomic E-state index is 10.6. The molecule has 74 valence electrons. The van der Waals surface area contributed by atoms with Crippen LogP contribution in [0.1, 0.15) is 5.56 Å². The fourth-order valence-electron chi connectivity index (χ4n) is 0.910. The van der Waals surface area contributed by atoms with Gasteiger partial charge < -0.3 is 5.73 Å². The SMILES string of the molecule is NC(=O)N(Cc1ccc(Cl)cc1)N=O. The summed E-state index contributed by atoms with van der Waals surface area (Å²) in [5.74, 6) is 0. The molecule has 2 amide bonds. The van der Waals surface area contributed by atoms with E-state index >= 15 is 0 Å². The number of halogens is 1. The van der Waals surface area contributed by atoms with Gasteiger partial charge in [0, 0.05) is 5.02 Å². The predicted molar refractivity (Wildman–Crippen MR) is 52.4 cm³/mol. The molecule has 2 N–H and O–H groups in total. The number of nitrogens with zero attached hydrogens (tertiary/aromatic N) is 2. The summed E-state index contributed by atoms with van der Waals surface area (Å²) in [4.78, 5) is 20.8. The van der Waals surface area contributed by atoms with Gasteiger partial charge in [-0.1, -0.05) is 23.7 Å². The number of carbonyl (C=O) groups excluding carboxylic acids is 1. The molecule has 0 aliphatic heterocycles. The summed E-state index contributed by atoms with van der Waals surface area (Å²) in [6, 6.07) is 5.80. The van der Waals surface area contributed by atoms with Crippen LogP contribution in [0.2, 0.25) is 5.02 Å². The second kappa shape index (κ2) is 4.57. The van der Waals surface area contributed by atoms with E-state index in [1.165, 1.54) is 0 Å². The normalized spacial score (nSPS) is 9.50. The first-order chi connectivity index (χ1) is 6.63. The highest BCUT2D eigenvalue weighted by atomic mass is 35.5. The number of hydrogen-bond acceptors (Lipinski definition) is 3. The molecule has 0 spiro atoms. The van der Waals surface area contributed by atoms with Crippen molar-refractivity contribution in [3.63, 3.8) is 0 Å². The molecule has 1 aromatic carbocycles. The lowest BCUT2D eigenvalue weighted by molar-refractivity contribution is 0.206. The van der Waals surface area contributed by atoms with Crippen molar-refractivity contribution in [3.8, 4) is 0 Å². The first-order valence-corrected chi connectivity index (χ1v) is 4.16. The van der Waals surface area contributed by atoms with Crippen LogP contribution in [0, 0.1) is 4.91 Å². The Balaban J connectivity index is 2.72. The number of nitroso groups, excluding NO2 is 1. The Hall–Kier alpha value is -1.62. The zero-order chi connectivity index (χ0) is 10.6. The lowest BCUT2D eigenvalue weighted by atomic mass is 10.2. The molecule has 0 bridgehead atoms. The zero-order valence-corrected chi connectivity index (χ0v) is 7.94. The van der Waals surface area contributed by atoms with Crippen molar-refractivity contribution < 1.29 is 4.79 Å². The van der Waals surface area contributed by atoms with Gasteiger partial charge in [-0.3, -0.25) is 0 Å². The number of hydrogen-bond donors (Lipinski definition) is 1. The molecule has 0 aliphatic rings. The number of primary amides is 1. The molecule has 0 fully saturated rings. The Morgan fingerprint density at radius 2 is 2.00 bits per heavy atom. The number of rotatable bonds is 3. The first-order valence-electron chi connectivity index (χ1n) is 3.78. The van der Waals surface area contributed by atoms with Gasteiger partial charge in [-0.05, 0) is 17.7 Å². The molecule has 0 saturated carbocycles. The smallest absolute Gasteiger partial charge is 0.338 e. The molecule has 1 rings (SSSR count). The van der Waals surface area contributed by atoms with E-state index in [1.807, 2.05) is 0 Å². The van der Waals surface area contributed by atoms with E-state index in [9.17, 15) is 9.70 Å². The summed E-state index contributed by atoms with van der Waals surface area (Å²) in [7, 11) is 0. The van der Waals surface area contributed by atoms with Crippen LogP contribution in [0.15, 0.2) is 29.6 Å². The summed E-state index contributed by atoms with van der Waals surface area (Å²) in [6.45, 7) is 0.0516. The van der Waals surface area contributed by atoms with Crippen molar-refractivity contribution in [2.24, 2.45) is 11.0 Å². The third-order valence-electron chi connectivity index (χ3n) is 1.60. The maximum atomic E-state index is 10.6.